The van der Waals surface area contributed by atoms with Crippen molar-refractivity contribution in [2.75, 3.05) is 13.2 Å². The zero-order valence-corrected chi connectivity index (χ0v) is 42.1. The number of allylic oxidation sites excluding steroid dienone is 1. The smallest absolute Gasteiger partial charge is 0.220 e. The first-order valence-electron chi connectivity index (χ1n) is 27.9. The molecule has 7 atom stereocenters. The lowest BCUT2D eigenvalue weighted by molar-refractivity contribution is -0.302. The molecule has 1 aliphatic heterocycles. The average Bonchev–Trinajstić information content (AvgIpc) is 3.29. The Hall–Kier alpha value is -1.07. The van der Waals surface area contributed by atoms with Crippen LogP contribution in [0.3, 0.4) is 0 Å². The molecule has 0 saturated carbocycles. The first-order chi connectivity index (χ1) is 31.3. The van der Waals surface area contributed by atoms with Gasteiger partial charge in [0.15, 0.2) is 6.29 Å². The van der Waals surface area contributed by atoms with Crippen molar-refractivity contribution in [3.05, 3.63) is 12.2 Å². The lowest BCUT2D eigenvalue weighted by atomic mass is 9.99. The van der Waals surface area contributed by atoms with Gasteiger partial charge in [-0.05, 0) is 19.3 Å². The van der Waals surface area contributed by atoms with Crippen LogP contribution in [0.5, 0.6) is 0 Å². The lowest BCUT2D eigenvalue weighted by Crippen LogP contribution is -2.60. The summed E-state index contributed by atoms with van der Waals surface area (Å²) in [5.74, 6) is -0.172. The molecule has 9 nitrogen and oxygen atoms in total. The van der Waals surface area contributed by atoms with Crippen molar-refractivity contribution >= 4 is 5.91 Å². The minimum Gasteiger partial charge on any atom is -0.394 e. The summed E-state index contributed by atoms with van der Waals surface area (Å²) in [6, 6.07) is -0.799. The summed E-state index contributed by atoms with van der Waals surface area (Å²) < 4.78 is 11.3. The van der Waals surface area contributed by atoms with Crippen LogP contribution in [-0.4, -0.2) is 87.5 Å². The van der Waals surface area contributed by atoms with E-state index in [4.69, 9.17) is 9.47 Å². The first kappa shape index (κ1) is 60.9. The molecule has 7 unspecified atom stereocenters. The number of hydrogen-bond donors (Lipinski definition) is 6. The Labute approximate surface area is 395 Å². The summed E-state index contributed by atoms with van der Waals surface area (Å²) in [6.07, 6.45) is 48.5. The topological polar surface area (TPSA) is 149 Å². The van der Waals surface area contributed by atoms with Crippen molar-refractivity contribution in [2.45, 2.75) is 320 Å². The van der Waals surface area contributed by atoms with Gasteiger partial charge in [0.05, 0.1) is 25.4 Å². The van der Waals surface area contributed by atoms with E-state index in [1.165, 1.54) is 218 Å². The Morgan fingerprint density at radius 3 is 1.22 bits per heavy atom. The first-order valence-corrected chi connectivity index (χ1v) is 27.9. The van der Waals surface area contributed by atoms with Gasteiger partial charge in [-0.1, -0.05) is 264 Å². The molecule has 1 heterocycles. The number of carbonyl (C=O) groups is 1. The van der Waals surface area contributed by atoms with Crippen molar-refractivity contribution in [3.63, 3.8) is 0 Å². The van der Waals surface area contributed by atoms with E-state index in [0.29, 0.717) is 6.42 Å². The molecular weight excluding hydrogens is 803 g/mol. The molecule has 0 aromatic heterocycles. The average molecular weight is 910 g/mol. The Morgan fingerprint density at radius 1 is 0.516 bits per heavy atom. The summed E-state index contributed by atoms with van der Waals surface area (Å²) in [5.41, 5.74) is 0. The van der Waals surface area contributed by atoms with E-state index in [9.17, 15) is 30.3 Å². The standard InChI is InChI=1S/C55H107NO8/c1-3-5-7-9-11-13-15-17-19-20-21-22-23-24-25-26-27-28-29-30-31-32-34-36-38-40-42-44-49(58)48(47-63-55-54(62)53(61)52(60)50(46-57)64-55)56-51(59)45-43-41-39-37-35-33-18-16-14-12-10-8-6-4-2/h42,44,48-50,52-55,57-58,60-62H,3-41,43,45-47H2,1-2H3,(H,56,59)/b44-42+. The van der Waals surface area contributed by atoms with Crippen LogP contribution in [0, 0.1) is 0 Å². The fourth-order valence-electron chi connectivity index (χ4n) is 9.16. The maximum absolute atomic E-state index is 13.0. The van der Waals surface area contributed by atoms with Crippen molar-refractivity contribution in [2.24, 2.45) is 0 Å². The highest BCUT2D eigenvalue weighted by Gasteiger charge is 2.44. The third-order valence-electron chi connectivity index (χ3n) is 13.6. The zero-order valence-electron chi connectivity index (χ0n) is 42.1. The minimum absolute atomic E-state index is 0.172. The molecule has 0 radical (unpaired) electrons. The Balaban J connectivity index is 2.20. The number of aliphatic hydroxyl groups excluding tert-OH is 5. The highest BCUT2D eigenvalue weighted by molar-refractivity contribution is 5.76. The molecule has 0 aromatic rings. The number of hydrogen-bond acceptors (Lipinski definition) is 8. The molecule has 0 aliphatic carbocycles. The summed E-state index contributed by atoms with van der Waals surface area (Å²) in [6.45, 7) is 3.81. The maximum atomic E-state index is 13.0. The van der Waals surface area contributed by atoms with Gasteiger partial charge in [-0.25, -0.2) is 0 Å². The van der Waals surface area contributed by atoms with E-state index >= 15 is 0 Å². The number of aliphatic hydroxyl groups is 5. The van der Waals surface area contributed by atoms with Crippen LogP contribution in [-0.2, 0) is 14.3 Å². The second-order valence-corrected chi connectivity index (χ2v) is 19.7. The van der Waals surface area contributed by atoms with Crippen LogP contribution in [0.25, 0.3) is 0 Å². The van der Waals surface area contributed by atoms with E-state index < -0.39 is 49.5 Å². The predicted molar refractivity (Wildman–Crippen MR) is 267 cm³/mol. The quantitative estimate of drug-likeness (QED) is 0.0261. The van der Waals surface area contributed by atoms with Crippen molar-refractivity contribution in [3.8, 4) is 0 Å². The number of ether oxygens (including phenoxy) is 2. The molecule has 1 saturated heterocycles. The number of unbranched alkanes of at least 4 members (excludes halogenated alkanes) is 38. The van der Waals surface area contributed by atoms with Gasteiger partial charge in [0.2, 0.25) is 5.91 Å². The second-order valence-electron chi connectivity index (χ2n) is 19.7. The summed E-state index contributed by atoms with van der Waals surface area (Å²) in [4.78, 5) is 13.0. The van der Waals surface area contributed by atoms with Gasteiger partial charge in [-0.3, -0.25) is 4.79 Å². The third-order valence-corrected chi connectivity index (χ3v) is 13.6. The highest BCUT2D eigenvalue weighted by Crippen LogP contribution is 2.23. The van der Waals surface area contributed by atoms with Crippen LogP contribution in [0.2, 0.25) is 0 Å². The molecule has 1 amide bonds. The van der Waals surface area contributed by atoms with Gasteiger partial charge in [0, 0.05) is 6.42 Å². The normalized spacial score (nSPS) is 20.0. The molecule has 64 heavy (non-hydrogen) atoms. The molecule has 1 rings (SSSR count). The highest BCUT2D eigenvalue weighted by atomic mass is 16.7. The van der Waals surface area contributed by atoms with Crippen molar-refractivity contribution < 1.29 is 39.8 Å². The molecule has 6 N–H and O–H groups in total. The van der Waals surface area contributed by atoms with Gasteiger partial charge >= 0.3 is 0 Å². The van der Waals surface area contributed by atoms with E-state index in [1.807, 2.05) is 6.08 Å². The Morgan fingerprint density at radius 2 is 0.859 bits per heavy atom. The largest absolute Gasteiger partial charge is 0.394 e. The summed E-state index contributed by atoms with van der Waals surface area (Å²) in [5, 5.41) is 54.4. The number of rotatable bonds is 48. The SMILES string of the molecule is CCCCCCCCCCCCCCCCCCCCCCCCCCC/C=C/C(O)C(COC1OC(CO)C(O)C(O)C1O)NC(=O)CCCCCCCCCCCCCCCC. The second kappa shape index (κ2) is 45.7. The minimum atomic E-state index is -1.56. The van der Waals surface area contributed by atoms with Crippen LogP contribution in [0.4, 0.5) is 0 Å². The fraction of sp³-hybridized carbons (Fsp3) is 0.945. The zero-order chi connectivity index (χ0) is 46.6. The molecule has 0 aromatic carbocycles. The molecule has 1 fully saturated rings. The van der Waals surface area contributed by atoms with E-state index in [1.54, 1.807) is 6.08 Å². The van der Waals surface area contributed by atoms with Gasteiger partial charge in [0.1, 0.15) is 24.4 Å². The monoisotopic (exact) mass is 910 g/mol. The fourth-order valence-corrected chi connectivity index (χ4v) is 9.16. The molecule has 0 bridgehead atoms. The number of amides is 1. The van der Waals surface area contributed by atoms with Gasteiger partial charge in [-0.15, -0.1) is 0 Å². The third kappa shape index (κ3) is 35.1. The number of carbonyl (C=O) groups excluding carboxylic acids is 1. The molecular formula is C55H107NO8. The van der Waals surface area contributed by atoms with Crippen molar-refractivity contribution in [1.29, 1.82) is 0 Å². The van der Waals surface area contributed by atoms with E-state index in [-0.39, 0.29) is 12.5 Å². The van der Waals surface area contributed by atoms with Crippen LogP contribution in [0.1, 0.15) is 277 Å². The van der Waals surface area contributed by atoms with E-state index in [2.05, 4.69) is 19.2 Å². The molecule has 380 valence electrons. The van der Waals surface area contributed by atoms with Gasteiger partial charge in [0.25, 0.3) is 0 Å². The van der Waals surface area contributed by atoms with Gasteiger partial charge < -0.3 is 40.3 Å². The van der Waals surface area contributed by atoms with Crippen molar-refractivity contribution in [1.82, 2.24) is 5.32 Å². The van der Waals surface area contributed by atoms with Crippen LogP contribution in [0.15, 0.2) is 12.2 Å². The van der Waals surface area contributed by atoms with Crippen LogP contribution >= 0.6 is 0 Å². The molecule has 0 spiro atoms. The molecule has 9 heteroatoms. The Kier molecular flexibility index (Phi) is 43.5. The number of nitrogens with one attached hydrogen (secondary N) is 1. The Bertz CT molecular complexity index is 1010. The lowest BCUT2D eigenvalue weighted by Gasteiger charge is -2.40. The summed E-state index contributed by atoms with van der Waals surface area (Å²) in [7, 11) is 0. The molecule has 1 aliphatic rings. The summed E-state index contributed by atoms with van der Waals surface area (Å²) >= 11 is 0. The maximum Gasteiger partial charge on any atom is 0.220 e. The van der Waals surface area contributed by atoms with E-state index in [0.717, 1.165) is 38.5 Å². The van der Waals surface area contributed by atoms with Gasteiger partial charge in [-0.2, -0.15) is 0 Å². The van der Waals surface area contributed by atoms with Crippen LogP contribution < -0.4 is 5.32 Å². The predicted octanol–water partition coefficient (Wildman–Crippen LogP) is 13.2.